The van der Waals surface area contributed by atoms with Crippen molar-refractivity contribution in [1.82, 2.24) is 0 Å². The van der Waals surface area contributed by atoms with Crippen LogP contribution >= 0.6 is 11.8 Å². The van der Waals surface area contributed by atoms with Gasteiger partial charge in [-0.2, -0.15) is 0 Å². The van der Waals surface area contributed by atoms with Crippen LogP contribution in [0.1, 0.15) is 20.8 Å². The molecule has 1 unspecified atom stereocenters. The molecule has 102 valence electrons. The summed E-state index contributed by atoms with van der Waals surface area (Å²) in [5.41, 5.74) is 7.11. The molecule has 1 rings (SSSR count). The lowest BCUT2D eigenvalue weighted by molar-refractivity contribution is 0.398. The molecule has 0 aliphatic rings. The molecular weight excluding hydrogens is 240 g/mol. The van der Waals surface area contributed by atoms with E-state index in [0.29, 0.717) is 11.8 Å². The second kappa shape index (κ2) is 7.70. The highest BCUT2D eigenvalue weighted by Gasteiger charge is 2.14. The van der Waals surface area contributed by atoms with Gasteiger partial charge in [-0.25, -0.2) is 0 Å². The second-order valence-corrected chi connectivity index (χ2v) is 6.38. The number of benzene rings is 1. The number of nitrogens with zero attached hydrogens (tertiary/aromatic N) is 1. The molecule has 1 aromatic rings. The van der Waals surface area contributed by atoms with E-state index in [1.54, 1.807) is 0 Å². The summed E-state index contributed by atoms with van der Waals surface area (Å²) in [4.78, 5) is 3.65. The van der Waals surface area contributed by atoms with Crippen molar-refractivity contribution in [3.8, 4) is 0 Å². The summed E-state index contributed by atoms with van der Waals surface area (Å²) in [7, 11) is 2.15. The Morgan fingerprint density at radius 1 is 1.22 bits per heavy atom. The fourth-order valence-corrected chi connectivity index (χ4v) is 2.64. The Labute approximate surface area is 116 Å². The van der Waals surface area contributed by atoms with Crippen molar-refractivity contribution >= 4 is 17.4 Å². The Balaban J connectivity index is 2.63. The maximum Gasteiger partial charge on any atom is 0.0364 e. The summed E-state index contributed by atoms with van der Waals surface area (Å²) in [5.74, 6) is 2.31. The van der Waals surface area contributed by atoms with Gasteiger partial charge in [0.2, 0.25) is 0 Å². The number of rotatable bonds is 7. The van der Waals surface area contributed by atoms with Crippen LogP contribution in [-0.4, -0.2) is 25.9 Å². The van der Waals surface area contributed by atoms with Crippen molar-refractivity contribution in [3.63, 3.8) is 0 Å². The van der Waals surface area contributed by atoms with Gasteiger partial charge in [0.15, 0.2) is 0 Å². The second-order valence-electron chi connectivity index (χ2n) is 5.05. The third kappa shape index (κ3) is 4.54. The summed E-state index contributed by atoms with van der Waals surface area (Å²) >= 11 is 1.88. The first-order valence-corrected chi connectivity index (χ1v) is 7.71. The van der Waals surface area contributed by atoms with Crippen LogP contribution in [0.25, 0.3) is 0 Å². The molecule has 1 atom stereocenters. The lowest BCUT2D eigenvalue weighted by atomic mass is 9.95. The van der Waals surface area contributed by atoms with Crippen molar-refractivity contribution in [2.45, 2.75) is 25.7 Å². The largest absolute Gasteiger partial charge is 0.374 e. The van der Waals surface area contributed by atoms with Gasteiger partial charge >= 0.3 is 0 Å². The van der Waals surface area contributed by atoms with Gasteiger partial charge in [0.1, 0.15) is 0 Å². The van der Waals surface area contributed by atoms with Crippen LogP contribution in [0.15, 0.2) is 29.2 Å². The highest BCUT2D eigenvalue weighted by molar-refractivity contribution is 7.99. The smallest absolute Gasteiger partial charge is 0.0364 e. The van der Waals surface area contributed by atoms with Gasteiger partial charge in [0, 0.05) is 24.2 Å². The average molecular weight is 266 g/mol. The quantitative estimate of drug-likeness (QED) is 0.766. The van der Waals surface area contributed by atoms with Crippen LogP contribution < -0.4 is 10.6 Å². The Bertz CT molecular complexity index is 335. The highest BCUT2D eigenvalue weighted by Crippen LogP contribution is 2.22. The molecule has 0 aromatic heterocycles. The third-order valence-corrected chi connectivity index (χ3v) is 4.24. The lowest BCUT2D eigenvalue weighted by Gasteiger charge is -2.27. The maximum atomic E-state index is 5.83. The van der Waals surface area contributed by atoms with Gasteiger partial charge in [-0.15, -0.1) is 11.8 Å². The molecule has 0 saturated carbocycles. The van der Waals surface area contributed by atoms with E-state index in [1.807, 2.05) is 11.8 Å². The lowest BCUT2D eigenvalue weighted by Crippen LogP contribution is -2.33. The van der Waals surface area contributed by atoms with Crippen LogP contribution in [0.3, 0.4) is 0 Å². The molecule has 0 saturated heterocycles. The predicted molar refractivity (Wildman–Crippen MR) is 83.5 cm³/mol. The molecular formula is C15H26N2S. The molecule has 0 aliphatic heterocycles. The Kier molecular flexibility index (Phi) is 6.58. The number of nitrogens with two attached hydrogens (primary N) is 1. The van der Waals surface area contributed by atoms with Crippen molar-refractivity contribution in [2.24, 2.45) is 17.6 Å². The van der Waals surface area contributed by atoms with Gasteiger partial charge in [-0.3, -0.25) is 0 Å². The molecule has 0 fully saturated rings. The van der Waals surface area contributed by atoms with Crippen LogP contribution in [0, 0.1) is 11.8 Å². The van der Waals surface area contributed by atoms with E-state index in [-0.39, 0.29) is 0 Å². The van der Waals surface area contributed by atoms with Gasteiger partial charge in [-0.05, 0) is 48.4 Å². The Morgan fingerprint density at radius 2 is 1.83 bits per heavy atom. The van der Waals surface area contributed by atoms with E-state index in [4.69, 9.17) is 5.73 Å². The van der Waals surface area contributed by atoms with Crippen molar-refractivity contribution in [3.05, 3.63) is 24.3 Å². The normalized spacial score (nSPS) is 12.8. The minimum absolute atomic E-state index is 0.555. The zero-order valence-electron chi connectivity index (χ0n) is 12.0. The molecule has 0 radical (unpaired) electrons. The van der Waals surface area contributed by atoms with Crippen LogP contribution in [0.5, 0.6) is 0 Å². The molecule has 3 heteroatoms. The first kappa shape index (κ1) is 15.4. The van der Waals surface area contributed by atoms with Crippen molar-refractivity contribution in [2.75, 3.05) is 30.8 Å². The van der Waals surface area contributed by atoms with Crippen molar-refractivity contribution < 1.29 is 0 Å². The SMILES string of the molecule is CCSc1ccc(N(C)CC(CN)C(C)C)cc1. The minimum Gasteiger partial charge on any atom is -0.374 e. The van der Waals surface area contributed by atoms with Crippen molar-refractivity contribution in [1.29, 1.82) is 0 Å². The third-order valence-electron chi connectivity index (χ3n) is 3.34. The van der Waals surface area contributed by atoms with Gasteiger partial charge in [0.05, 0.1) is 0 Å². The van der Waals surface area contributed by atoms with E-state index in [1.165, 1.54) is 10.6 Å². The average Bonchev–Trinajstić information content (AvgIpc) is 2.36. The molecule has 0 amide bonds. The minimum atomic E-state index is 0.555. The van der Waals surface area contributed by atoms with E-state index >= 15 is 0 Å². The fourth-order valence-electron chi connectivity index (χ4n) is 1.98. The zero-order valence-corrected chi connectivity index (χ0v) is 12.8. The Hall–Kier alpha value is -0.670. The fraction of sp³-hybridized carbons (Fsp3) is 0.600. The van der Waals surface area contributed by atoms with Gasteiger partial charge < -0.3 is 10.6 Å². The maximum absolute atomic E-state index is 5.83. The first-order chi connectivity index (χ1) is 8.58. The monoisotopic (exact) mass is 266 g/mol. The topological polar surface area (TPSA) is 29.3 Å². The van der Waals surface area contributed by atoms with E-state index < -0.39 is 0 Å². The van der Waals surface area contributed by atoms with Crippen LogP contribution in [-0.2, 0) is 0 Å². The molecule has 1 aromatic carbocycles. The molecule has 0 bridgehead atoms. The van der Waals surface area contributed by atoms with E-state index in [2.05, 4.69) is 57.0 Å². The number of anilines is 1. The molecule has 0 heterocycles. The predicted octanol–water partition coefficient (Wildman–Crippen LogP) is 3.47. The van der Waals surface area contributed by atoms with Gasteiger partial charge in [0.25, 0.3) is 0 Å². The molecule has 0 aliphatic carbocycles. The summed E-state index contributed by atoms with van der Waals surface area (Å²) in [6, 6.07) is 8.80. The van der Waals surface area contributed by atoms with E-state index in [9.17, 15) is 0 Å². The zero-order chi connectivity index (χ0) is 13.5. The Morgan fingerprint density at radius 3 is 2.28 bits per heavy atom. The number of hydrogen-bond donors (Lipinski definition) is 1. The summed E-state index contributed by atoms with van der Waals surface area (Å²) in [5, 5.41) is 0. The highest BCUT2D eigenvalue weighted by atomic mass is 32.2. The van der Waals surface area contributed by atoms with Crippen LogP contribution in [0.4, 0.5) is 5.69 Å². The van der Waals surface area contributed by atoms with Crippen LogP contribution in [0.2, 0.25) is 0 Å². The number of thioether (sulfide) groups is 1. The molecule has 2 nitrogen and oxygen atoms in total. The summed E-state index contributed by atoms with van der Waals surface area (Å²) in [6.45, 7) is 8.44. The molecule has 2 N–H and O–H groups in total. The first-order valence-electron chi connectivity index (χ1n) is 6.72. The number of hydrogen-bond acceptors (Lipinski definition) is 3. The molecule has 0 spiro atoms. The van der Waals surface area contributed by atoms with Gasteiger partial charge in [-0.1, -0.05) is 20.8 Å². The standard InChI is InChI=1S/C15H26N2S/c1-5-18-15-8-6-14(7-9-15)17(4)11-13(10-16)12(2)3/h6-9,12-13H,5,10-11,16H2,1-4H3. The summed E-state index contributed by atoms with van der Waals surface area (Å²) < 4.78 is 0. The summed E-state index contributed by atoms with van der Waals surface area (Å²) in [6.07, 6.45) is 0. The van der Waals surface area contributed by atoms with E-state index in [0.717, 1.165) is 18.8 Å². The molecule has 18 heavy (non-hydrogen) atoms.